The molecule has 0 aliphatic heterocycles. The highest BCUT2D eigenvalue weighted by Crippen LogP contribution is 2.14. The van der Waals surface area contributed by atoms with E-state index in [1.165, 1.54) is 83.5 Å². The summed E-state index contributed by atoms with van der Waals surface area (Å²) in [5, 5.41) is 17.1. The highest BCUT2D eigenvalue weighted by molar-refractivity contribution is 5.68. The Bertz CT molecular complexity index is 363. The van der Waals surface area contributed by atoms with Gasteiger partial charge in [0.1, 0.15) is 0 Å². The molecule has 0 bridgehead atoms. The van der Waals surface area contributed by atoms with Gasteiger partial charge >= 0.3 is 11.9 Å². The van der Waals surface area contributed by atoms with Gasteiger partial charge in [-0.2, -0.15) is 0 Å². The second-order valence-corrected chi connectivity index (χ2v) is 7.30. The molecule has 0 aliphatic rings. The summed E-state index contributed by atoms with van der Waals surface area (Å²) in [6.07, 6.45) is 24.0. The minimum absolute atomic E-state index is 0.146. The van der Waals surface area contributed by atoms with E-state index in [1.807, 2.05) is 6.08 Å². The zero-order valence-corrected chi connectivity index (χ0v) is 16.6. The molecule has 0 aromatic rings. The van der Waals surface area contributed by atoms with Crippen molar-refractivity contribution < 1.29 is 19.8 Å². The van der Waals surface area contributed by atoms with E-state index in [-0.39, 0.29) is 6.42 Å². The fourth-order valence-electron chi connectivity index (χ4n) is 3.14. The summed E-state index contributed by atoms with van der Waals surface area (Å²) < 4.78 is 0. The molecule has 0 rings (SSSR count). The maximum absolute atomic E-state index is 10.4. The molecular weight excluding hydrogens is 328 g/mol. The van der Waals surface area contributed by atoms with E-state index >= 15 is 0 Å². The van der Waals surface area contributed by atoms with E-state index < -0.39 is 11.9 Å². The van der Waals surface area contributed by atoms with Crippen LogP contribution in [0.1, 0.15) is 116 Å². The SMILES string of the molecule is O=C(O)C/C=C/CCCCCCCCCCCCCCCCCC(=O)O. The van der Waals surface area contributed by atoms with Crippen molar-refractivity contribution >= 4 is 11.9 Å². The summed E-state index contributed by atoms with van der Waals surface area (Å²) in [5.74, 6) is -1.43. The fraction of sp³-hybridized carbons (Fsp3) is 0.818. The summed E-state index contributed by atoms with van der Waals surface area (Å²) in [7, 11) is 0. The smallest absolute Gasteiger partial charge is 0.307 e. The summed E-state index contributed by atoms with van der Waals surface area (Å²) >= 11 is 0. The van der Waals surface area contributed by atoms with Gasteiger partial charge in [-0.3, -0.25) is 9.59 Å². The van der Waals surface area contributed by atoms with Crippen LogP contribution < -0.4 is 0 Å². The fourth-order valence-corrected chi connectivity index (χ4v) is 3.14. The molecule has 0 aliphatic carbocycles. The molecule has 26 heavy (non-hydrogen) atoms. The normalized spacial score (nSPS) is 11.2. The third-order valence-corrected chi connectivity index (χ3v) is 4.72. The maximum atomic E-state index is 10.4. The monoisotopic (exact) mass is 368 g/mol. The van der Waals surface area contributed by atoms with Crippen molar-refractivity contribution in [1.29, 1.82) is 0 Å². The van der Waals surface area contributed by atoms with Gasteiger partial charge in [-0.15, -0.1) is 0 Å². The number of carbonyl (C=O) groups is 2. The van der Waals surface area contributed by atoms with Crippen LogP contribution in [-0.2, 0) is 9.59 Å². The lowest BCUT2D eigenvalue weighted by Gasteiger charge is -2.03. The molecule has 0 unspecified atom stereocenters. The topological polar surface area (TPSA) is 74.6 Å². The van der Waals surface area contributed by atoms with Gasteiger partial charge in [-0.25, -0.2) is 0 Å². The predicted molar refractivity (Wildman–Crippen MR) is 108 cm³/mol. The van der Waals surface area contributed by atoms with E-state index in [2.05, 4.69) is 0 Å². The lowest BCUT2D eigenvalue weighted by atomic mass is 10.0. The Labute approximate surface area is 160 Å². The molecule has 4 nitrogen and oxygen atoms in total. The van der Waals surface area contributed by atoms with Gasteiger partial charge in [-0.05, 0) is 19.3 Å². The number of allylic oxidation sites excluding steroid dienone is 1. The van der Waals surface area contributed by atoms with Crippen LogP contribution in [-0.4, -0.2) is 22.2 Å². The van der Waals surface area contributed by atoms with Crippen molar-refractivity contribution in [2.24, 2.45) is 0 Å². The first-order chi connectivity index (χ1) is 12.6. The summed E-state index contributed by atoms with van der Waals surface area (Å²) in [6, 6.07) is 0. The number of hydrogen-bond acceptors (Lipinski definition) is 2. The molecule has 0 atom stereocenters. The molecule has 0 fully saturated rings. The zero-order valence-electron chi connectivity index (χ0n) is 16.6. The van der Waals surface area contributed by atoms with Crippen LogP contribution in [0, 0.1) is 0 Å². The highest BCUT2D eigenvalue weighted by atomic mass is 16.4. The Balaban J connectivity index is 3.06. The Morgan fingerprint density at radius 1 is 0.500 bits per heavy atom. The molecule has 0 spiro atoms. The van der Waals surface area contributed by atoms with Crippen LogP contribution in [0.15, 0.2) is 12.2 Å². The van der Waals surface area contributed by atoms with E-state index in [9.17, 15) is 9.59 Å². The summed E-state index contributed by atoms with van der Waals surface area (Å²) in [5.41, 5.74) is 0. The third kappa shape index (κ3) is 22.7. The second-order valence-electron chi connectivity index (χ2n) is 7.30. The number of carboxylic acids is 2. The molecule has 4 heteroatoms. The molecule has 0 aromatic carbocycles. The Kier molecular flexibility index (Phi) is 19.0. The first-order valence-corrected chi connectivity index (χ1v) is 10.7. The van der Waals surface area contributed by atoms with Crippen LogP contribution in [0.3, 0.4) is 0 Å². The van der Waals surface area contributed by atoms with Gasteiger partial charge in [0.15, 0.2) is 0 Å². The largest absolute Gasteiger partial charge is 0.481 e. The number of aliphatic carboxylic acids is 2. The molecule has 2 N–H and O–H groups in total. The van der Waals surface area contributed by atoms with Crippen LogP contribution in [0.2, 0.25) is 0 Å². The van der Waals surface area contributed by atoms with E-state index in [0.29, 0.717) is 6.42 Å². The molecule has 0 aromatic heterocycles. The average Bonchev–Trinajstić information content (AvgIpc) is 2.59. The predicted octanol–water partition coefficient (Wildman–Crippen LogP) is 6.73. The quantitative estimate of drug-likeness (QED) is 0.184. The summed E-state index contributed by atoms with van der Waals surface area (Å²) in [6.45, 7) is 0. The minimum Gasteiger partial charge on any atom is -0.481 e. The Morgan fingerprint density at radius 3 is 1.27 bits per heavy atom. The average molecular weight is 369 g/mol. The molecule has 0 saturated carbocycles. The maximum Gasteiger partial charge on any atom is 0.307 e. The molecular formula is C22H40O4. The number of hydrogen-bond donors (Lipinski definition) is 2. The van der Waals surface area contributed by atoms with E-state index in [1.54, 1.807) is 6.08 Å². The minimum atomic E-state index is -0.755. The van der Waals surface area contributed by atoms with Crippen molar-refractivity contribution in [3.05, 3.63) is 12.2 Å². The summed E-state index contributed by atoms with van der Waals surface area (Å²) in [4.78, 5) is 20.7. The van der Waals surface area contributed by atoms with Gasteiger partial charge in [0.25, 0.3) is 0 Å². The van der Waals surface area contributed by atoms with Gasteiger partial charge < -0.3 is 10.2 Å². The standard InChI is InChI=1S/C22H40O4/c23-21(24)19-17-15-13-11-9-7-5-3-1-2-4-6-8-10-12-14-16-18-20-22(25)26/h15,17H,1-14,16,18-20H2,(H,23,24)(H,25,26)/b17-15+. The van der Waals surface area contributed by atoms with Crippen LogP contribution in [0.5, 0.6) is 0 Å². The zero-order chi connectivity index (χ0) is 19.3. The molecule has 0 saturated heterocycles. The van der Waals surface area contributed by atoms with E-state index in [0.717, 1.165) is 19.3 Å². The number of rotatable bonds is 20. The van der Waals surface area contributed by atoms with Crippen molar-refractivity contribution in [2.75, 3.05) is 0 Å². The molecule has 152 valence electrons. The van der Waals surface area contributed by atoms with Crippen LogP contribution >= 0.6 is 0 Å². The van der Waals surface area contributed by atoms with Gasteiger partial charge in [0, 0.05) is 6.42 Å². The van der Waals surface area contributed by atoms with Crippen LogP contribution in [0.4, 0.5) is 0 Å². The molecule has 0 heterocycles. The molecule has 0 radical (unpaired) electrons. The first-order valence-electron chi connectivity index (χ1n) is 10.7. The van der Waals surface area contributed by atoms with Crippen molar-refractivity contribution in [3.8, 4) is 0 Å². The highest BCUT2D eigenvalue weighted by Gasteiger charge is 1.97. The van der Waals surface area contributed by atoms with Crippen molar-refractivity contribution in [1.82, 2.24) is 0 Å². The lowest BCUT2D eigenvalue weighted by molar-refractivity contribution is -0.137. The Morgan fingerprint density at radius 2 is 0.885 bits per heavy atom. The molecule has 0 amide bonds. The van der Waals surface area contributed by atoms with Crippen molar-refractivity contribution in [2.45, 2.75) is 116 Å². The first kappa shape index (κ1) is 24.7. The number of unbranched alkanes of at least 4 members (excludes halogenated alkanes) is 15. The van der Waals surface area contributed by atoms with Gasteiger partial charge in [0.05, 0.1) is 6.42 Å². The Hall–Kier alpha value is -1.32. The van der Waals surface area contributed by atoms with E-state index in [4.69, 9.17) is 10.2 Å². The van der Waals surface area contributed by atoms with Gasteiger partial charge in [0.2, 0.25) is 0 Å². The lowest BCUT2D eigenvalue weighted by Crippen LogP contribution is -1.93. The number of carboxylic acid groups (broad SMARTS) is 2. The van der Waals surface area contributed by atoms with Crippen LogP contribution in [0.25, 0.3) is 0 Å². The third-order valence-electron chi connectivity index (χ3n) is 4.72. The second kappa shape index (κ2) is 20.0. The van der Waals surface area contributed by atoms with Gasteiger partial charge in [-0.1, -0.05) is 95.6 Å². The van der Waals surface area contributed by atoms with Crippen molar-refractivity contribution in [3.63, 3.8) is 0 Å².